The maximum absolute atomic E-state index is 12.9. The van der Waals surface area contributed by atoms with E-state index in [1.165, 1.54) is 17.7 Å². The molecule has 2 unspecified atom stereocenters. The summed E-state index contributed by atoms with van der Waals surface area (Å²) in [4.78, 5) is -0.740. The summed E-state index contributed by atoms with van der Waals surface area (Å²) in [7, 11) is -3.77. The van der Waals surface area contributed by atoms with Crippen LogP contribution in [-0.4, -0.2) is 25.5 Å². The highest BCUT2D eigenvalue weighted by Crippen LogP contribution is 2.64. The number of hydrogen-bond donors (Lipinski definition) is 0. The molecule has 1 aromatic carbocycles. The van der Waals surface area contributed by atoms with Crippen LogP contribution in [0, 0.1) is 11.3 Å². The normalized spacial score (nSPS) is 28.0. The molecule has 1 saturated carbocycles. The van der Waals surface area contributed by atoms with Crippen molar-refractivity contribution in [2.45, 2.75) is 40.6 Å². The number of sulfone groups is 1. The molecular formula is C21H18Br3F3O3S. The Kier molecular flexibility index (Phi) is 5.99. The molecule has 0 amide bonds. The quantitative estimate of drug-likeness (QED) is 0.256. The van der Waals surface area contributed by atoms with Crippen LogP contribution in [0.2, 0.25) is 0 Å². The van der Waals surface area contributed by atoms with Gasteiger partial charge < -0.3 is 4.74 Å². The monoisotopic (exact) mass is 644 g/mol. The van der Waals surface area contributed by atoms with Gasteiger partial charge in [-0.1, -0.05) is 55.6 Å². The lowest BCUT2D eigenvalue weighted by molar-refractivity contribution is -0.0436. The highest BCUT2D eigenvalue weighted by molar-refractivity contribution is 9.15. The first-order chi connectivity index (χ1) is 14.3. The third-order valence-electron chi connectivity index (χ3n) is 6.24. The Morgan fingerprint density at radius 3 is 2.23 bits per heavy atom. The van der Waals surface area contributed by atoms with Crippen molar-refractivity contribution in [1.82, 2.24) is 0 Å². The van der Waals surface area contributed by atoms with E-state index in [2.05, 4.69) is 47.8 Å². The standard InChI is InChI=1S/C21H18Br3F3O3S/c1-30-20(24)7-6-14(17(22)18(20)23)16-11-19(8-9-19)10-15(16)12-2-4-13(5-3-12)31(28,29)21(25,26)27/h2-7,14H,8-11H2,1H3. The van der Waals surface area contributed by atoms with Gasteiger partial charge in [-0.15, -0.1) is 0 Å². The van der Waals surface area contributed by atoms with Crippen molar-refractivity contribution in [3.05, 3.63) is 56.5 Å². The molecular weight excluding hydrogens is 629 g/mol. The SMILES string of the molecule is COC1(Br)C=CC(C2=C(c3ccc(S(=O)(=O)C(F)(F)F)cc3)CC3(CC3)C2)C(Br)=C1Br. The lowest BCUT2D eigenvalue weighted by Gasteiger charge is -2.31. The molecule has 0 bridgehead atoms. The number of rotatable bonds is 4. The average molecular weight is 647 g/mol. The Balaban J connectivity index is 1.74. The Labute approximate surface area is 204 Å². The van der Waals surface area contributed by atoms with Crippen LogP contribution in [0.4, 0.5) is 13.2 Å². The first-order valence-corrected chi connectivity index (χ1v) is 13.3. The van der Waals surface area contributed by atoms with E-state index < -0.39 is 24.8 Å². The summed E-state index contributed by atoms with van der Waals surface area (Å²) in [5.74, 6) is -0.0382. The van der Waals surface area contributed by atoms with Crippen molar-refractivity contribution < 1.29 is 26.3 Å². The van der Waals surface area contributed by atoms with E-state index in [0.29, 0.717) is 0 Å². The van der Waals surface area contributed by atoms with Gasteiger partial charge in [-0.3, -0.25) is 0 Å². The maximum atomic E-state index is 12.9. The minimum Gasteiger partial charge on any atom is -0.358 e. The van der Waals surface area contributed by atoms with Crippen LogP contribution in [0.5, 0.6) is 0 Å². The molecule has 1 aromatic rings. The maximum Gasteiger partial charge on any atom is 0.501 e. The molecule has 3 aliphatic rings. The zero-order valence-corrected chi connectivity index (χ0v) is 21.8. The van der Waals surface area contributed by atoms with Gasteiger partial charge in [0.15, 0.2) is 4.51 Å². The number of hydrogen-bond acceptors (Lipinski definition) is 3. The Morgan fingerprint density at radius 2 is 1.71 bits per heavy atom. The minimum absolute atomic E-state index is 0.0382. The number of allylic oxidation sites excluding steroid dienone is 4. The van der Waals surface area contributed by atoms with Gasteiger partial charge in [0.1, 0.15) is 0 Å². The van der Waals surface area contributed by atoms with Gasteiger partial charge in [-0.2, -0.15) is 13.2 Å². The highest BCUT2D eigenvalue weighted by Gasteiger charge is 2.50. The van der Waals surface area contributed by atoms with Gasteiger partial charge in [0.05, 0.1) is 9.38 Å². The summed E-state index contributed by atoms with van der Waals surface area (Å²) in [6.07, 6.45) is 7.93. The highest BCUT2D eigenvalue weighted by atomic mass is 79.9. The summed E-state index contributed by atoms with van der Waals surface area (Å²) in [5, 5.41) is 0. The largest absolute Gasteiger partial charge is 0.501 e. The Hall–Kier alpha value is -0.420. The first kappa shape index (κ1) is 23.7. The Morgan fingerprint density at radius 1 is 1.10 bits per heavy atom. The van der Waals surface area contributed by atoms with Crippen LogP contribution in [0.3, 0.4) is 0 Å². The third-order valence-corrected chi connectivity index (χ3v) is 11.7. The first-order valence-electron chi connectivity index (χ1n) is 9.46. The molecule has 168 valence electrons. The summed E-state index contributed by atoms with van der Waals surface area (Å²) in [5.41, 5.74) is -2.09. The zero-order chi connectivity index (χ0) is 22.8. The van der Waals surface area contributed by atoms with E-state index in [1.54, 1.807) is 7.11 Å². The fraction of sp³-hybridized carbons (Fsp3) is 0.429. The van der Waals surface area contributed by atoms with Gasteiger partial charge in [-0.25, -0.2) is 8.42 Å². The van der Waals surface area contributed by atoms with Gasteiger partial charge in [-0.05, 0) is 76.4 Å². The number of halogens is 6. The number of methoxy groups -OCH3 is 1. The van der Waals surface area contributed by atoms with Gasteiger partial charge in [0.2, 0.25) is 0 Å². The van der Waals surface area contributed by atoms with E-state index in [9.17, 15) is 21.6 Å². The van der Waals surface area contributed by atoms with E-state index in [0.717, 1.165) is 57.9 Å². The van der Waals surface area contributed by atoms with E-state index in [4.69, 9.17) is 4.74 Å². The molecule has 0 heterocycles. The van der Waals surface area contributed by atoms with E-state index in [-0.39, 0.29) is 11.3 Å². The van der Waals surface area contributed by atoms with Crippen molar-refractivity contribution in [3.8, 4) is 0 Å². The van der Waals surface area contributed by atoms with Gasteiger partial charge in [0.25, 0.3) is 9.84 Å². The lowest BCUT2D eigenvalue weighted by Crippen LogP contribution is -2.26. The predicted octanol–water partition coefficient (Wildman–Crippen LogP) is 7.23. The van der Waals surface area contributed by atoms with Crippen molar-refractivity contribution in [1.29, 1.82) is 0 Å². The Bertz CT molecular complexity index is 1120. The van der Waals surface area contributed by atoms with Crippen LogP contribution in [-0.2, 0) is 14.6 Å². The lowest BCUT2D eigenvalue weighted by atomic mass is 9.88. The van der Waals surface area contributed by atoms with Crippen LogP contribution in [0.15, 0.2) is 55.9 Å². The summed E-state index contributed by atoms with van der Waals surface area (Å²) in [6.45, 7) is 0. The molecule has 3 aliphatic carbocycles. The average Bonchev–Trinajstić information content (AvgIpc) is 3.37. The van der Waals surface area contributed by atoms with Crippen molar-refractivity contribution in [3.63, 3.8) is 0 Å². The van der Waals surface area contributed by atoms with Crippen molar-refractivity contribution >= 4 is 63.2 Å². The van der Waals surface area contributed by atoms with Crippen LogP contribution in [0.1, 0.15) is 31.2 Å². The molecule has 31 heavy (non-hydrogen) atoms. The second kappa shape index (κ2) is 7.82. The fourth-order valence-corrected chi connectivity index (χ4v) is 6.91. The molecule has 0 radical (unpaired) electrons. The van der Waals surface area contributed by atoms with Crippen molar-refractivity contribution in [2.24, 2.45) is 11.3 Å². The molecule has 0 aliphatic heterocycles. The number of benzene rings is 1. The molecule has 0 aromatic heterocycles. The molecule has 3 nitrogen and oxygen atoms in total. The predicted molar refractivity (Wildman–Crippen MR) is 124 cm³/mol. The molecule has 10 heteroatoms. The number of alkyl halides is 4. The fourth-order valence-electron chi connectivity index (χ4n) is 4.25. The van der Waals surface area contributed by atoms with Gasteiger partial charge >= 0.3 is 5.51 Å². The van der Waals surface area contributed by atoms with E-state index in [1.807, 2.05) is 12.2 Å². The molecule has 1 spiro atoms. The van der Waals surface area contributed by atoms with Crippen LogP contribution < -0.4 is 0 Å². The summed E-state index contributed by atoms with van der Waals surface area (Å²) < 4.78 is 68.5. The second-order valence-electron chi connectivity index (χ2n) is 8.18. The van der Waals surface area contributed by atoms with Gasteiger partial charge in [0, 0.05) is 17.5 Å². The zero-order valence-electron chi connectivity index (χ0n) is 16.3. The minimum atomic E-state index is -5.36. The molecule has 2 atom stereocenters. The third kappa shape index (κ3) is 4.05. The van der Waals surface area contributed by atoms with Crippen molar-refractivity contribution in [2.75, 3.05) is 7.11 Å². The molecule has 0 saturated heterocycles. The number of ether oxygens (including phenoxy) is 1. The van der Waals surface area contributed by atoms with Crippen LogP contribution >= 0.6 is 47.8 Å². The smallest absolute Gasteiger partial charge is 0.358 e. The van der Waals surface area contributed by atoms with E-state index >= 15 is 0 Å². The topological polar surface area (TPSA) is 43.4 Å². The molecule has 1 fully saturated rings. The van der Waals surface area contributed by atoms with Crippen LogP contribution in [0.25, 0.3) is 5.57 Å². The second-order valence-corrected chi connectivity index (χ2v) is 12.9. The molecule has 4 rings (SSSR count). The summed E-state index contributed by atoms with van der Waals surface area (Å²) >= 11 is 10.9. The summed E-state index contributed by atoms with van der Waals surface area (Å²) in [6, 6.07) is 5.07. The molecule has 0 N–H and O–H groups in total.